The van der Waals surface area contributed by atoms with E-state index in [-0.39, 0.29) is 11.3 Å². The summed E-state index contributed by atoms with van der Waals surface area (Å²) in [5.41, 5.74) is 8.61. The molecule has 2 atom stereocenters. The average molecular weight is 351 g/mol. The van der Waals surface area contributed by atoms with Gasteiger partial charge in [-0.1, -0.05) is 18.7 Å². The van der Waals surface area contributed by atoms with Crippen LogP contribution in [-0.2, 0) is 6.42 Å². The second-order valence-corrected chi connectivity index (χ2v) is 7.68. The maximum absolute atomic E-state index is 14.4. The number of rotatable bonds is 5. The number of nitrogens with zero attached hydrogens (tertiary/aromatic N) is 1. The lowest BCUT2D eigenvalue weighted by Gasteiger charge is -2.22. The monoisotopic (exact) mass is 351 g/mol. The number of benzene rings is 1. The third kappa shape index (κ3) is 3.41. The molecule has 0 spiro atoms. The number of likely N-dealkylation sites (tertiary alicyclic amines) is 1. The standard InChI is InChI=1S/C18H26FN3OS/c1-4-12-8-13(9-14(19)17(12)23-3)16-15(24-18(20)21-16)10-22-7-5-6-11(22)2/h8-9,11,18,21H,4-7,10,20H2,1-3H3/t11-,18?/m1/s1. The normalized spacial score (nSPS) is 24.5. The molecule has 1 saturated heterocycles. The van der Waals surface area contributed by atoms with Gasteiger partial charge in [-0.3, -0.25) is 4.90 Å². The van der Waals surface area contributed by atoms with Crippen LogP contribution in [0, 0.1) is 5.82 Å². The van der Waals surface area contributed by atoms with Crippen LogP contribution in [0.15, 0.2) is 17.0 Å². The molecule has 0 aliphatic carbocycles. The highest BCUT2D eigenvalue weighted by molar-refractivity contribution is 8.04. The van der Waals surface area contributed by atoms with E-state index in [1.165, 1.54) is 24.9 Å². The fourth-order valence-electron chi connectivity index (χ4n) is 3.52. The Hall–Kier alpha value is -1.24. The molecular formula is C18H26FN3OS. The largest absolute Gasteiger partial charge is 0.493 e. The summed E-state index contributed by atoms with van der Waals surface area (Å²) in [6.45, 7) is 6.26. The molecule has 0 radical (unpaired) electrons. The first-order valence-corrected chi connectivity index (χ1v) is 9.44. The van der Waals surface area contributed by atoms with Crippen LogP contribution in [-0.4, -0.2) is 36.6 Å². The van der Waals surface area contributed by atoms with Crippen molar-refractivity contribution in [2.24, 2.45) is 5.73 Å². The Morgan fingerprint density at radius 3 is 2.88 bits per heavy atom. The number of halogens is 1. The fourth-order valence-corrected chi connectivity index (χ4v) is 4.54. The van der Waals surface area contributed by atoms with Crippen molar-refractivity contribution in [3.05, 3.63) is 34.0 Å². The van der Waals surface area contributed by atoms with Gasteiger partial charge in [0.25, 0.3) is 0 Å². The summed E-state index contributed by atoms with van der Waals surface area (Å²) in [6.07, 6.45) is 3.20. The molecule has 0 saturated carbocycles. The number of methoxy groups -OCH3 is 1. The van der Waals surface area contributed by atoms with Crippen molar-refractivity contribution in [2.45, 2.75) is 44.6 Å². The van der Waals surface area contributed by atoms with Crippen molar-refractivity contribution in [2.75, 3.05) is 20.2 Å². The van der Waals surface area contributed by atoms with Gasteiger partial charge in [-0.15, -0.1) is 0 Å². The van der Waals surface area contributed by atoms with Gasteiger partial charge < -0.3 is 15.8 Å². The minimum Gasteiger partial charge on any atom is -0.493 e. The van der Waals surface area contributed by atoms with E-state index in [0.717, 1.165) is 36.3 Å². The van der Waals surface area contributed by atoms with Gasteiger partial charge >= 0.3 is 0 Å². The van der Waals surface area contributed by atoms with Gasteiger partial charge in [0.2, 0.25) is 0 Å². The second-order valence-electron chi connectivity index (χ2n) is 6.45. The van der Waals surface area contributed by atoms with Crippen molar-refractivity contribution in [3.8, 4) is 5.75 Å². The first-order chi connectivity index (χ1) is 11.5. The molecule has 2 aliphatic heterocycles. The molecule has 2 aliphatic rings. The van der Waals surface area contributed by atoms with Gasteiger partial charge in [-0.2, -0.15) is 0 Å². The molecule has 1 fully saturated rings. The summed E-state index contributed by atoms with van der Waals surface area (Å²) < 4.78 is 19.6. The van der Waals surface area contributed by atoms with Crippen LogP contribution in [0.3, 0.4) is 0 Å². The summed E-state index contributed by atoms with van der Waals surface area (Å²) in [7, 11) is 1.51. The first kappa shape index (κ1) is 17.6. The van der Waals surface area contributed by atoms with Crippen molar-refractivity contribution >= 4 is 17.5 Å². The lowest BCUT2D eigenvalue weighted by atomic mass is 10.0. The SMILES string of the molecule is CCc1cc(C2=C(CN3CCC[C@H]3C)SC(N)N2)cc(F)c1OC. The molecule has 1 aromatic carbocycles. The fraction of sp³-hybridized carbons (Fsp3) is 0.556. The van der Waals surface area contributed by atoms with Gasteiger partial charge in [0.05, 0.1) is 12.8 Å². The summed E-state index contributed by atoms with van der Waals surface area (Å²) in [4.78, 5) is 3.67. The molecule has 0 amide bonds. The molecule has 1 aromatic rings. The Labute approximate surface area is 147 Å². The number of ether oxygens (including phenoxy) is 1. The summed E-state index contributed by atoms with van der Waals surface area (Å²) in [5.74, 6) is 0.0204. The Balaban J connectivity index is 1.95. The smallest absolute Gasteiger partial charge is 0.166 e. The average Bonchev–Trinajstić information content (AvgIpc) is 3.12. The zero-order valence-corrected chi connectivity index (χ0v) is 15.4. The van der Waals surface area contributed by atoms with Crippen molar-refractivity contribution in [3.63, 3.8) is 0 Å². The van der Waals surface area contributed by atoms with E-state index in [0.29, 0.717) is 11.8 Å². The van der Waals surface area contributed by atoms with Crippen molar-refractivity contribution in [1.82, 2.24) is 10.2 Å². The van der Waals surface area contributed by atoms with Crippen LogP contribution < -0.4 is 15.8 Å². The van der Waals surface area contributed by atoms with Gasteiger partial charge in [0.1, 0.15) is 5.50 Å². The van der Waals surface area contributed by atoms with Gasteiger partial charge in [0, 0.05) is 23.1 Å². The van der Waals surface area contributed by atoms with E-state index in [9.17, 15) is 4.39 Å². The van der Waals surface area contributed by atoms with Crippen LogP contribution in [0.4, 0.5) is 4.39 Å². The van der Waals surface area contributed by atoms with Crippen LogP contribution in [0.5, 0.6) is 5.75 Å². The molecule has 3 rings (SSSR count). The highest BCUT2D eigenvalue weighted by Crippen LogP contribution is 2.37. The molecule has 0 aromatic heterocycles. The highest BCUT2D eigenvalue weighted by Gasteiger charge is 2.28. The number of nitrogens with one attached hydrogen (secondary N) is 1. The molecule has 1 unspecified atom stereocenters. The number of hydrogen-bond acceptors (Lipinski definition) is 5. The Morgan fingerprint density at radius 1 is 1.46 bits per heavy atom. The third-order valence-corrected chi connectivity index (χ3v) is 5.86. The Morgan fingerprint density at radius 2 is 2.25 bits per heavy atom. The van der Waals surface area contributed by atoms with E-state index < -0.39 is 0 Å². The van der Waals surface area contributed by atoms with Crippen molar-refractivity contribution in [1.29, 1.82) is 0 Å². The molecule has 4 nitrogen and oxygen atoms in total. The van der Waals surface area contributed by atoms with Crippen LogP contribution in [0.1, 0.15) is 37.8 Å². The molecule has 6 heteroatoms. The maximum atomic E-state index is 14.4. The third-order valence-electron chi connectivity index (χ3n) is 4.87. The number of thioether (sulfide) groups is 1. The van der Waals surface area contributed by atoms with E-state index in [1.54, 1.807) is 17.8 Å². The molecule has 3 N–H and O–H groups in total. The van der Waals surface area contributed by atoms with Crippen LogP contribution in [0.25, 0.3) is 5.70 Å². The molecule has 2 heterocycles. The number of nitrogens with two attached hydrogens (primary N) is 1. The van der Waals surface area contributed by atoms with E-state index in [1.807, 2.05) is 13.0 Å². The van der Waals surface area contributed by atoms with Crippen LogP contribution in [0.2, 0.25) is 0 Å². The minimum absolute atomic E-state index is 0.178. The number of hydrogen-bond donors (Lipinski definition) is 2. The molecule has 24 heavy (non-hydrogen) atoms. The van der Waals surface area contributed by atoms with Gasteiger partial charge in [-0.25, -0.2) is 4.39 Å². The first-order valence-electron chi connectivity index (χ1n) is 8.56. The lowest BCUT2D eigenvalue weighted by Crippen LogP contribution is -2.28. The topological polar surface area (TPSA) is 50.5 Å². The molecule has 0 bridgehead atoms. The summed E-state index contributed by atoms with van der Waals surface area (Å²) in [5, 5.41) is 3.31. The van der Waals surface area contributed by atoms with E-state index >= 15 is 0 Å². The predicted molar refractivity (Wildman–Crippen MR) is 98.2 cm³/mol. The van der Waals surface area contributed by atoms with E-state index in [4.69, 9.17) is 10.5 Å². The minimum atomic E-state index is -0.319. The Kier molecular flexibility index (Phi) is 5.37. The highest BCUT2D eigenvalue weighted by atomic mass is 32.2. The zero-order valence-electron chi connectivity index (χ0n) is 14.6. The van der Waals surface area contributed by atoms with E-state index in [2.05, 4.69) is 17.1 Å². The second kappa shape index (κ2) is 7.33. The summed E-state index contributed by atoms with van der Waals surface area (Å²) in [6, 6.07) is 4.15. The lowest BCUT2D eigenvalue weighted by molar-refractivity contribution is 0.296. The summed E-state index contributed by atoms with van der Waals surface area (Å²) >= 11 is 1.64. The molecule has 132 valence electrons. The quantitative estimate of drug-likeness (QED) is 0.854. The van der Waals surface area contributed by atoms with Gasteiger partial charge in [0.15, 0.2) is 11.6 Å². The number of aryl methyl sites for hydroxylation is 1. The van der Waals surface area contributed by atoms with Crippen LogP contribution >= 0.6 is 11.8 Å². The predicted octanol–water partition coefficient (Wildman–Crippen LogP) is 3.13. The zero-order chi connectivity index (χ0) is 17.3. The Bertz CT molecular complexity index is 649. The maximum Gasteiger partial charge on any atom is 0.166 e. The molecular weight excluding hydrogens is 325 g/mol. The van der Waals surface area contributed by atoms with Crippen molar-refractivity contribution < 1.29 is 9.13 Å². The van der Waals surface area contributed by atoms with Gasteiger partial charge in [-0.05, 0) is 50.4 Å².